The summed E-state index contributed by atoms with van der Waals surface area (Å²) < 4.78 is 18.6. The fraction of sp³-hybridized carbons (Fsp3) is 0.529. The Morgan fingerprint density at radius 2 is 2.14 bits per heavy atom. The monoisotopic (exact) mass is 307 g/mol. The summed E-state index contributed by atoms with van der Waals surface area (Å²) in [5, 5.41) is 0. The fourth-order valence-electron chi connectivity index (χ4n) is 2.76. The van der Waals surface area contributed by atoms with Gasteiger partial charge in [-0.2, -0.15) is 0 Å². The van der Waals surface area contributed by atoms with Crippen molar-refractivity contribution in [3.8, 4) is 0 Å². The molecule has 0 radical (unpaired) electrons. The van der Waals surface area contributed by atoms with Gasteiger partial charge in [0.15, 0.2) is 0 Å². The number of carbonyl (C=O) groups excluding carboxylic acids is 2. The Kier molecular flexibility index (Phi) is 5.92. The minimum Gasteiger partial charge on any atom is -0.466 e. The lowest BCUT2D eigenvalue weighted by molar-refractivity contribution is -0.151. The molecule has 1 aliphatic rings. The van der Waals surface area contributed by atoms with Gasteiger partial charge in [0, 0.05) is 19.5 Å². The highest BCUT2D eigenvalue weighted by atomic mass is 19.1. The normalized spacial score (nSPS) is 18.1. The largest absolute Gasteiger partial charge is 0.466 e. The Bertz CT molecular complexity index is 532. The number of amides is 1. The Hall–Kier alpha value is -1.91. The Morgan fingerprint density at radius 3 is 2.86 bits per heavy atom. The number of ether oxygens (including phenoxy) is 1. The molecule has 0 bridgehead atoms. The summed E-state index contributed by atoms with van der Waals surface area (Å²) in [4.78, 5) is 25.7. The summed E-state index contributed by atoms with van der Waals surface area (Å²) >= 11 is 0. The molecular weight excluding hydrogens is 285 g/mol. The van der Waals surface area contributed by atoms with Crippen LogP contribution in [-0.4, -0.2) is 36.5 Å². The van der Waals surface area contributed by atoms with E-state index in [1.54, 1.807) is 30.0 Å². The van der Waals surface area contributed by atoms with Gasteiger partial charge in [0.1, 0.15) is 5.82 Å². The summed E-state index contributed by atoms with van der Waals surface area (Å²) in [5.74, 6) is -0.768. The van der Waals surface area contributed by atoms with Crippen LogP contribution in [0.3, 0.4) is 0 Å². The first-order valence-corrected chi connectivity index (χ1v) is 7.79. The van der Waals surface area contributed by atoms with E-state index in [2.05, 4.69) is 0 Å². The molecule has 2 rings (SSSR count). The maximum absolute atomic E-state index is 13.5. The van der Waals surface area contributed by atoms with Crippen LogP contribution < -0.4 is 0 Å². The van der Waals surface area contributed by atoms with E-state index in [1.165, 1.54) is 6.07 Å². The molecule has 0 unspecified atom stereocenters. The number of carbonyl (C=O) groups is 2. The lowest BCUT2D eigenvalue weighted by atomic mass is 9.97. The van der Waals surface area contributed by atoms with Gasteiger partial charge in [0.05, 0.1) is 12.5 Å². The molecule has 0 saturated carbocycles. The van der Waals surface area contributed by atoms with E-state index >= 15 is 0 Å². The molecule has 1 amide bonds. The van der Waals surface area contributed by atoms with E-state index in [-0.39, 0.29) is 30.0 Å². The summed E-state index contributed by atoms with van der Waals surface area (Å²) in [6.07, 6.45) is 2.20. The summed E-state index contributed by atoms with van der Waals surface area (Å²) in [6.45, 7) is 3.20. The van der Waals surface area contributed by atoms with E-state index in [9.17, 15) is 14.0 Å². The molecule has 1 aliphatic heterocycles. The molecule has 0 aromatic heterocycles. The van der Waals surface area contributed by atoms with Gasteiger partial charge in [-0.25, -0.2) is 4.39 Å². The van der Waals surface area contributed by atoms with Crippen molar-refractivity contribution in [1.29, 1.82) is 0 Å². The predicted molar refractivity (Wildman–Crippen MR) is 80.7 cm³/mol. The average Bonchev–Trinajstić information content (AvgIpc) is 2.54. The van der Waals surface area contributed by atoms with Crippen LogP contribution in [0.1, 0.15) is 31.7 Å². The quantitative estimate of drug-likeness (QED) is 0.785. The highest BCUT2D eigenvalue weighted by molar-refractivity contribution is 5.78. The van der Waals surface area contributed by atoms with Gasteiger partial charge in [0.25, 0.3) is 0 Å². The van der Waals surface area contributed by atoms with Gasteiger partial charge in [-0.1, -0.05) is 18.2 Å². The molecule has 1 heterocycles. The fourth-order valence-corrected chi connectivity index (χ4v) is 2.76. The van der Waals surface area contributed by atoms with Crippen molar-refractivity contribution in [3.63, 3.8) is 0 Å². The summed E-state index contributed by atoms with van der Waals surface area (Å²) in [5.41, 5.74) is 0.551. The van der Waals surface area contributed by atoms with Crippen LogP contribution in [0, 0.1) is 11.7 Å². The van der Waals surface area contributed by atoms with Crippen molar-refractivity contribution in [1.82, 2.24) is 4.90 Å². The maximum atomic E-state index is 13.5. The Labute approximate surface area is 130 Å². The molecule has 120 valence electrons. The standard InChI is InChI=1S/C17H22FNO3/c1-2-22-17(21)14-7-5-11-19(12-14)16(20)10-9-13-6-3-4-8-15(13)18/h3-4,6,8,14H,2,5,7,9-12H2,1H3/t14-/m0/s1. The minimum atomic E-state index is -0.279. The van der Waals surface area contributed by atoms with Crippen LogP contribution in [0.4, 0.5) is 4.39 Å². The molecule has 0 spiro atoms. The number of aryl methyl sites for hydroxylation is 1. The molecule has 22 heavy (non-hydrogen) atoms. The van der Waals surface area contributed by atoms with Crippen molar-refractivity contribution in [2.75, 3.05) is 19.7 Å². The third-order valence-electron chi connectivity index (χ3n) is 3.96. The van der Waals surface area contributed by atoms with Crippen LogP contribution in [0.5, 0.6) is 0 Å². The molecule has 0 aliphatic carbocycles. The number of benzene rings is 1. The molecular formula is C17H22FNO3. The molecule has 1 fully saturated rings. The van der Waals surface area contributed by atoms with Crippen molar-refractivity contribution >= 4 is 11.9 Å². The summed E-state index contributed by atoms with van der Waals surface area (Å²) in [7, 11) is 0. The van der Waals surface area contributed by atoms with E-state index in [0.717, 1.165) is 12.8 Å². The highest BCUT2D eigenvalue weighted by Crippen LogP contribution is 2.19. The topological polar surface area (TPSA) is 46.6 Å². The predicted octanol–water partition coefficient (Wildman–Crippen LogP) is 2.56. The third-order valence-corrected chi connectivity index (χ3v) is 3.96. The number of likely N-dealkylation sites (tertiary alicyclic amines) is 1. The van der Waals surface area contributed by atoms with Crippen molar-refractivity contribution in [2.45, 2.75) is 32.6 Å². The zero-order valence-corrected chi connectivity index (χ0v) is 12.9. The number of piperidine rings is 1. The van der Waals surface area contributed by atoms with Gasteiger partial charge in [-0.05, 0) is 37.8 Å². The average molecular weight is 307 g/mol. The SMILES string of the molecule is CCOC(=O)[C@H]1CCCN(C(=O)CCc2ccccc2F)C1. The lowest BCUT2D eigenvalue weighted by Gasteiger charge is -2.31. The summed E-state index contributed by atoms with van der Waals surface area (Å²) in [6, 6.07) is 6.49. The number of hydrogen-bond donors (Lipinski definition) is 0. The zero-order chi connectivity index (χ0) is 15.9. The molecule has 4 nitrogen and oxygen atoms in total. The molecule has 1 saturated heterocycles. The van der Waals surface area contributed by atoms with Crippen molar-refractivity contribution in [2.24, 2.45) is 5.92 Å². The van der Waals surface area contributed by atoms with E-state index < -0.39 is 0 Å². The van der Waals surface area contributed by atoms with Crippen LogP contribution in [0.25, 0.3) is 0 Å². The van der Waals surface area contributed by atoms with Gasteiger partial charge < -0.3 is 9.64 Å². The first-order chi connectivity index (χ1) is 10.6. The third kappa shape index (κ3) is 4.29. The van der Waals surface area contributed by atoms with Crippen LogP contribution >= 0.6 is 0 Å². The van der Waals surface area contributed by atoms with Crippen LogP contribution in [0.15, 0.2) is 24.3 Å². The number of esters is 1. The zero-order valence-electron chi connectivity index (χ0n) is 12.9. The van der Waals surface area contributed by atoms with E-state index in [0.29, 0.717) is 31.7 Å². The first kappa shape index (κ1) is 16.5. The number of halogens is 1. The smallest absolute Gasteiger partial charge is 0.310 e. The number of nitrogens with zero attached hydrogens (tertiary/aromatic N) is 1. The van der Waals surface area contributed by atoms with Crippen molar-refractivity contribution < 1.29 is 18.7 Å². The Balaban J connectivity index is 1.87. The molecule has 0 N–H and O–H groups in total. The first-order valence-electron chi connectivity index (χ1n) is 7.79. The van der Waals surface area contributed by atoms with Gasteiger partial charge >= 0.3 is 5.97 Å². The minimum absolute atomic E-state index is 0.0303. The molecule has 1 aromatic carbocycles. The van der Waals surface area contributed by atoms with Crippen molar-refractivity contribution in [3.05, 3.63) is 35.6 Å². The van der Waals surface area contributed by atoms with E-state index in [1.807, 2.05) is 0 Å². The second-order valence-electron chi connectivity index (χ2n) is 5.52. The second-order valence-corrected chi connectivity index (χ2v) is 5.52. The highest BCUT2D eigenvalue weighted by Gasteiger charge is 2.29. The number of hydrogen-bond acceptors (Lipinski definition) is 3. The second kappa shape index (κ2) is 7.92. The lowest BCUT2D eigenvalue weighted by Crippen LogP contribution is -2.42. The molecule has 1 atom stereocenters. The van der Waals surface area contributed by atoms with Crippen LogP contribution in [-0.2, 0) is 20.7 Å². The van der Waals surface area contributed by atoms with Crippen LogP contribution in [0.2, 0.25) is 0 Å². The number of rotatable bonds is 5. The van der Waals surface area contributed by atoms with Gasteiger partial charge in [0.2, 0.25) is 5.91 Å². The van der Waals surface area contributed by atoms with E-state index in [4.69, 9.17) is 4.74 Å². The van der Waals surface area contributed by atoms with Gasteiger partial charge in [-0.15, -0.1) is 0 Å². The van der Waals surface area contributed by atoms with Gasteiger partial charge in [-0.3, -0.25) is 9.59 Å². The Morgan fingerprint density at radius 1 is 1.36 bits per heavy atom. The molecule has 5 heteroatoms. The maximum Gasteiger partial charge on any atom is 0.310 e. The molecule has 1 aromatic rings.